The highest BCUT2D eigenvalue weighted by molar-refractivity contribution is 5.95. The third-order valence-electron chi connectivity index (χ3n) is 3.39. The van der Waals surface area contributed by atoms with E-state index in [9.17, 15) is 10.1 Å². The Kier molecular flexibility index (Phi) is 4.73. The van der Waals surface area contributed by atoms with E-state index in [2.05, 4.69) is 11.4 Å². The van der Waals surface area contributed by atoms with Gasteiger partial charge < -0.3 is 5.32 Å². The first kappa shape index (κ1) is 14.8. The van der Waals surface area contributed by atoms with E-state index < -0.39 is 5.92 Å². The predicted octanol–water partition coefficient (Wildman–Crippen LogP) is 3.62. The summed E-state index contributed by atoms with van der Waals surface area (Å²) in [6.45, 7) is 3.95. The number of hydrogen-bond donors (Lipinski definition) is 1. The number of carbonyl (C=O) groups excluding carboxylic acids is 1. The van der Waals surface area contributed by atoms with Gasteiger partial charge in [-0.25, -0.2) is 0 Å². The molecule has 3 nitrogen and oxygen atoms in total. The summed E-state index contributed by atoms with van der Waals surface area (Å²) in [7, 11) is 0. The van der Waals surface area contributed by atoms with Crippen LogP contribution in [-0.2, 0) is 11.2 Å². The molecule has 0 saturated carbocycles. The monoisotopic (exact) mass is 278 g/mol. The minimum absolute atomic E-state index is 0.256. The van der Waals surface area contributed by atoms with E-state index in [1.807, 2.05) is 62.4 Å². The van der Waals surface area contributed by atoms with Crippen molar-refractivity contribution in [3.8, 4) is 6.07 Å². The van der Waals surface area contributed by atoms with Gasteiger partial charge in [0.15, 0.2) is 0 Å². The van der Waals surface area contributed by atoms with Crippen LogP contribution in [0.25, 0.3) is 0 Å². The maximum absolute atomic E-state index is 12.3. The molecule has 0 heterocycles. The molecule has 0 aliphatic rings. The first-order chi connectivity index (χ1) is 10.1. The molecule has 1 amide bonds. The Hall–Kier alpha value is -2.60. The molecule has 1 atom stereocenters. The standard InChI is InChI=1S/C18H18N2O/c1-13-8-9-17(14(2)10-13)20-18(21)16(12-19)11-15-6-4-3-5-7-15/h3-10,16H,11H2,1-2H3,(H,20,21). The predicted molar refractivity (Wildman–Crippen MR) is 83.8 cm³/mol. The zero-order chi connectivity index (χ0) is 15.2. The third kappa shape index (κ3) is 3.93. The molecule has 0 spiro atoms. The second-order valence-electron chi connectivity index (χ2n) is 5.18. The number of benzene rings is 2. The van der Waals surface area contributed by atoms with Gasteiger partial charge in [-0.05, 0) is 37.5 Å². The zero-order valence-corrected chi connectivity index (χ0v) is 12.3. The molecule has 2 aromatic carbocycles. The summed E-state index contributed by atoms with van der Waals surface area (Å²) in [5, 5.41) is 12.1. The van der Waals surface area contributed by atoms with Crippen LogP contribution in [0.2, 0.25) is 0 Å². The number of nitrogens with one attached hydrogen (secondary N) is 1. The molecule has 106 valence electrons. The number of hydrogen-bond acceptors (Lipinski definition) is 2. The van der Waals surface area contributed by atoms with Crippen molar-refractivity contribution in [2.24, 2.45) is 5.92 Å². The number of nitrogens with zero attached hydrogens (tertiary/aromatic N) is 1. The van der Waals surface area contributed by atoms with E-state index in [1.54, 1.807) is 0 Å². The molecule has 0 bridgehead atoms. The molecule has 1 unspecified atom stereocenters. The summed E-state index contributed by atoms with van der Waals surface area (Å²) < 4.78 is 0. The summed E-state index contributed by atoms with van der Waals surface area (Å²) >= 11 is 0. The number of anilines is 1. The fourth-order valence-electron chi connectivity index (χ4n) is 2.22. The van der Waals surface area contributed by atoms with Crippen molar-refractivity contribution in [1.29, 1.82) is 5.26 Å². The Bertz CT molecular complexity index is 671. The molecular formula is C18H18N2O. The highest BCUT2D eigenvalue weighted by atomic mass is 16.1. The molecule has 0 aromatic heterocycles. The Balaban J connectivity index is 2.09. The van der Waals surface area contributed by atoms with Gasteiger partial charge in [0.25, 0.3) is 0 Å². The van der Waals surface area contributed by atoms with Crippen LogP contribution in [0, 0.1) is 31.1 Å². The number of aryl methyl sites for hydroxylation is 2. The summed E-state index contributed by atoms with van der Waals surface area (Å²) in [5.41, 5.74) is 3.89. The maximum atomic E-state index is 12.3. The van der Waals surface area contributed by atoms with Gasteiger partial charge in [0.1, 0.15) is 5.92 Å². The molecule has 1 N–H and O–H groups in total. The highest BCUT2D eigenvalue weighted by Gasteiger charge is 2.19. The summed E-state index contributed by atoms with van der Waals surface area (Å²) in [4.78, 5) is 12.3. The van der Waals surface area contributed by atoms with Gasteiger partial charge in [-0.15, -0.1) is 0 Å². The second kappa shape index (κ2) is 6.71. The van der Waals surface area contributed by atoms with E-state index in [1.165, 1.54) is 0 Å². The van der Waals surface area contributed by atoms with Crippen molar-refractivity contribution in [3.05, 3.63) is 65.2 Å². The van der Waals surface area contributed by atoms with Crippen molar-refractivity contribution in [3.63, 3.8) is 0 Å². The van der Waals surface area contributed by atoms with E-state index in [4.69, 9.17) is 0 Å². The van der Waals surface area contributed by atoms with Gasteiger partial charge >= 0.3 is 0 Å². The normalized spacial score (nSPS) is 11.5. The van der Waals surface area contributed by atoms with Crippen LogP contribution in [0.1, 0.15) is 16.7 Å². The van der Waals surface area contributed by atoms with Gasteiger partial charge in [-0.1, -0.05) is 48.0 Å². The number of amides is 1. The molecule has 0 radical (unpaired) electrons. The molecule has 0 aliphatic carbocycles. The molecular weight excluding hydrogens is 260 g/mol. The topological polar surface area (TPSA) is 52.9 Å². The molecule has 21 heavy (non-hydrogen) atoms. The van der Waals surface area contributed by atoms with Crippen LogP contribution < -0.4 is 5.32 Å². The Morgan fingerprint density at radius 2 is 1.90 bits per heavy atom. The highest BCUT2D eigenvalue weighted by Crippen LogP contribution is 2.18. The van der Waals surface area contributed by atoms with Crippen LogP contribution in [0.4, 0.5) is 5.69 Å². The number of nitriles is 1. The average Bonchev–Trinajstić information content (AvgIpc) is 2.48. The lowest BCUT2D eigenvalue weighted by molar-refractivity contribution is -0.118. The van der Waals surface area contributed by atoms with Crippen LogP contribution in [0.5, 0.6) is 0 Å². The third-order valence-corrected chi connectivity index (χ3v) is 3.39. The summed E-state index contributed by atoms with van der Waals surface area (Å²) in [6, 6.07) is 17.5. The minimum Gasteiger partial charge on any atom is -0.325 e. The maximum Gasteiger partial charge on any atom is 0.242 e. The first-order valence-electron chi connectivity index (χ1n) is 6.92. The summed E-state index contributed by atoms with van der Waals surface area (Å²) in [6.07, 6.45) is 0.425. The van der Waals surface area contributed by atoms with Gasteiger partial charge in [0.05, 0.1) is 6.07 Å². The molecule has 2 aromatic rings. The average molecular weight is 278 g/mol. The molecule has 0 aliphatic heterocycles. The SMILES string of the molecule is Cc1ccc(NC(=O)C(C#N)Cc2ccccc2)c(C)c1. The molecule has 3 heteroatoms. The van der Waals surface area contributed by atoms with Crippen LogP contribution >= 0.6 is 0 Å². The van der Waals surface area contributed by atoms with Crippen molar-refractivity contribution >= 4 is 11.6 Å². The van der Waals surface area contributed by atoms with E-state index in [-0.39, 0.29) is 5.91 Å². The fraction of sp³-hybridized carbons (Fsp3) is 0.222. The lowest BCUT2D eigenvalue weighted by Gasteiger charge is -2.12. The number of carbonyl (C=O) groups is 1. The molecule has 2 rings (SSSR count). The van der Waals surface area contributed by atoms with E-state index in [0.717, 1.165) is 22.4 Å². The van der Waals surface area contributed by atoms with Crippen LogP contribution in [0.15, 0.2) is 48.5 Å². The van der Waals surface area contributed by atoms with Gasteiger partial charge in [0, 0.05) is 5.69 Å². The molecule has 0 fully saturated rings. The number of rotatable bonds is 4. The van der Waals surface area contributed by atoms with E-state index in [0.29, 0.717) is 6.42 Å². The van der Waals surface area contributed by atoms with Gasteiger partial charge in [-0.2, -0.15) is 5.26 Å². The van der Waals surface area contributed by atoms with Gasteiger partial charge in [-0.3, -0.25) is 4.79 Å². The van der Waals surface area contributed by atoms with Crippen LogP contribution in [-0.4, -0.2) is 5.91 Å². The van der Waals surface area contributed by atoms with Crippen LogP contribution in [0.3, 0.4) is 0 Å². The smallest absolute Gasteiger partial charge is 0.242 e. The first-order valence-corrected chi connectivity index (χ1v) is 6.92. The van der Waals surface area contributed by atoms with Crippen molar-refractivity contribution in [2.45, 2.75) is 20.3 Å². The fourth-order valence-corrected chi connectivity index (χ4v) is 2.22. The largest absolute Gasteiger partial charge is 0.325 e. The van der Waals surface area contributed by atoms with Crippen molar-refractivity contribution < 1.29 is 4.79 Å². The lowest BCUT2D eigenvalue weighted by Crippen LogP contribution is -2.23. The van der Waals surface area contributed by atoms with Crippen molar-refractivity contribution in [1.82, 2.24) is 0 Å². The molecule has 0 saturated heterocycles. The minimum atomic E-state index is -0.687. The second-order valence-corrected chi connectivity index (χ2v) is 5.18. The summed E-state index contributed by atoms with van der Waals surface area (Å²) in [5.74, 6) is -0.943. The Morgan fingerprint density at radius 1 is 1.19 bits per heavy atom. The Morgan fingerprint density at radius 3 is 2.52 bits per heavy atom. The quantitative estimate of drug-likeness (QED) is 0.928. The zero-order valence-electron chi connectivity index (χ0n) is 12.3. The van der Waals surface area contributed by atoms with Gasteiger partial charge in [0.2, 0.25) is 5.91 Å². The lowest BCUT2D eigenvalue weighted by atomic mass is 9.99. The van der Waals surface area contributed by atoms with Crippen molar-refractivity contribution in [2.75, 3.05) is 5.32 Å². The Labute approximate surface area is 125 Å². The van der Waals surface area contributed by atoms with E-state index >= 15 is 0 Å².